The molecular weight excluding hydrogens is 371 g/mol. The third-order valence-electron chi connectivity index (χ3n) is 4.42. The Morgan fingerprint density at radius 3 is 2.30 bits per heavy atom. The predicted octanol–water partition coefficient (Wildman–Crippen LogP) is 1.24. The van der Waals surface area contributed by atoms with Gasteiger partial charge in [-0.15, -0.1) is 0 Å². The first kappa shape index (κ1) is 19.2. The molecule has 9 heteroatoms. The number of carbonyl (C=O) groups is 1. The first-order chi connectivity index (χ1) is 13.0. The molecule has 0 saturated carbocycles. The van der Waals surface area contributed by atoms with E-state index >= 15 is 0 Å². The van der Waals surface area contributed by atoms with Crippen LogP contribution in [0.4, 0.5) is 10.1 Å². The summed E-state index contributed by atoms with van der Waals surface area (Å²) in [5.74, 6) is -0.596. The third kappa shape index (κ3) is 5.01. The highest BCUT2D eigenvalue weighted by molar-refractivity contribution is 7.89. The number of nitrogens with zero attached hydrogens (tertiary/aromatic N) is 3. The highest BCUT2D eigenvalue weighted by Crippen LogP contribution is 2.15. The number of rotatable bonds is 6. The van der Waals surface area contributed by atoms with Gasteiger partial charge in [-0.2, -0.15) is 0 Å². The third-order valence-corrected chi connectivity index (χ3v) is 5.89. The Morgan fingerprint density at radius 1 is 1.04 bits per heavy atom. The van der Waals surface area contributed by atoms with Crippen LogP contribution >= 0.6 is 0 Å². The van der Waals surface area contributed by atoms with Crippen molar-refractivity contribution in [2.75, 3.05) is 37.6 Å². The minimum absolute atomic E-state index is 0.00309. The van der Waals surface area contributed by atoms with Crippen LogP contribution in [-0.2, 0) is 14.8 Å². The molecule has 144 valence electrons. The number of aromatic nitrogens is 1. The summed E-state index contributed by atoms with van der Waals surface area (Å²) in [5, 5.41) is 0. The number of hydrogen-bond donors (Lipinski definition) is 1. The van der Waals surface area contributed by atoms with Crippen molar-refractivity contribution in [3.8, 4) is 0 Å². The molecule has 27 heavy (non-hydrogen) atoms. The normalized spacial score (nSPS) is 15.0. The number of hydrogen-bond acceptors (Lipinski definition) is 5. The average molecular weight is 392 g/mol. The maximum Gasteiger partial charge on any atom is 0.240 e. The van der Waals surface area contributed by atoms with E-state index in [9.17, 15) is 17.6 Å². The van der Waals surface area contributed by atoms with Gasteiger partial charge in [0.05, 0.1) is 4.90 Å². The molecule has 0 unspecified atom stereocenters. The highest BCUT2D eigenvalue weighted by atomic mass is 32.2. The average Bonchev–Trinajstić information content (AvgIpc) is 2.69. The monoisotopic (exact) mass is 392 g/mol. The first-order valence-corrected chi connectivity index (χ1v) is 10.1. The van der Waals surface area contributed by atoms with Crippen LogP contribution in [0.15, 0.2) is 53.7 Å². The molecule has 1 aromatic carbocycles. The van der Waals surface area contributed by atoms with Crippen molar-refractivity contribution in [3.63, 3.8) is 0 Å². The molecule has 3 rings (SSSR count). The summed E-state index contributed by atoms with van der Waals surface area (Å²) in [6.45, 7) is 2.62. The van der Waals surface area contributed by atoms with E-state index in [1.54, 1.807) is 17.3 Å². The second kappa shape index (κ2) is 8.45. The Hall–Kier alpha value is -2.52. The van der Waals surface area contributed by atoms with E-state index < -0.39 is 15.8 Å². The van der Waals surface area contributed by atoms with Gasteiger partial charge in [0.2, 0.25) is 15.9 Å². The molecule has 0 atom stereocenters. The minimum Gasteiger partial charge on any atom is -0.368 e. The Morgan fingerprint density at radius 2 is 1.67 bits per heavy atom. The number of benzene rings is 1. The summed E-state index contributed by atoms with van der Waals surface area (Å²) >= 11 is 0. The summed E-state index contributed by atoms with van der Waals surface area (Å²) < 4.78 is 39.5. The van der Waals surface area contributed by atoms with Gasteiger partial charge < -0.3 is 9.80 Å². The molecule has 1 aromatic heterocycles. The van der Waals surface area contributed by atoms with E-state index in [-0.39, 0.29) is 23.8 Å². The highest BCUT2D eigenvalue weighted by Gasteiger charge is 2.22. The number of amides is 1. The van der Waals surface area contributed by atoms with Gasteiger partial charge in [0.15, 0.2) is 0 Å². The fourth-order valence-corrected chi connectivity index (χ4v) is 3.95. The number of sulfonamides is 1. The van der Waals surface area contributed by atoms with Crippen molar-refractivity contribution >= 4 is 21.6 Å². The van der Waals surface area contributed by atoms with E-state index in [1.807, 2.05) is 12.1 Å². The summed E-state index contributed by atoms with van der Waals surface area (Å²) in [4.78, 5) is 20.2. The summed E-state index contributed by atoms with van der Waals surface area (Å²) in [6.07, 6.45) is 3.55. The topological polar surface area (TPSA) is 82.6 Å². The molecule has 0 aliphatic carbocycles. The van der Waals surface area contributed by atoms with Crippen LogP contribution in [0, 0.1) is 5.82 Å². The Kier molecular flexibility index (Phi) is 6.02. The maximum atomic E-state index is 12.9. The van der Waals surface area contributed by atoms with Gasteiger partial charge in [0.25, 0.3) is 0 Å². The Balaban J connectivity index is 1.45. The van der Waals surface area contributed by atoms with Gasteiger partial charge in [-0.3, -0.25) is 9.78 Å². The van der Waals surface area contributed by atoms with Gasteiger partial charge in [-0.25, -0.2) is 17.5 Å². The fraction of sp³-hybridized carbons (Fsp3) is 0.333. The van der Waals surface area contributed by atoms with Gasteiger partial charge >= 0.3 is 0 Å². The summed E-state index contributed by atoms with van der Waals surface area (Å²) in [6, 6.07) is 8.42. The van der Waals surface area contributed by atoms with Crippen LogP contribution < -0.4 is 9.62 Å². The fourth-order valence-electron chi connectivity index (χ4n) is 2.92. The number of piperazine rings is 1. The summed E-state index contributed by atoms with van der Waals surface area (Å²) in [5.41, 5.74) is 1.07. The number of anilines is 1. The van der Waals surface area contributed by atoms with Crippen LogP contribution in [-0.4, -0.2) is 56.9 Å². The predicted molar refractivity (Wildman–Crippen MR) is 99.2 cm³/mol. The quantitative estimate of drug-likeness (QED) is 0.800. The molecule has 2 heterocycles. The van der Waals surface area contributed by atoms with E-state index in [2.05, 4.69) is 14.6 Å². The summed E-state index contributed by atoms with van der Waals surface area (Å²) in [7, 11) is -3.75. The number of carbonyl (C=O) groups excluding carboxylic acids is 1. The number of halogens is 1. The molecule has 1 saturated heterocycles. The minimum atomic E-state index is -3.75. The second-order valence-corrected chi connectivity index (χ2v) is 7.94. The lowest BCUT2D eigenvalue weighted by molar-refractivity contribution is -0.131. The lowest BCUT2D eigenvalue weighted by atomic mass is 10.2. The molecule has 1 aliphatic heterocycles. The van der Waals surface area contributed by atoms with E-state index in [4.69, 9.17) is 0 Å². The Bertz CT molecular complexity index is 867. The standard InChI is InChI=1S/C18H21FN4O3S/c19-15-1-3-17(4-2-15)27(25,26)21-10-7-18(24)23-13-11-22(12-14-23)16-5-8-20-9-6-16/h1-6,8-9,21H,7,10-14H2. The van der Waals surface area contributed by atoms with Crippen molar-refractivity contribution in [1.82, 2.24) is 14.6 Å². The van der Waals surface area contributed by atoms with Crippen LogP contribution in [0.2, 0.25) is 0 Å². The molecule has 7 nitrogen and oxygen atoms in total. The number of pyridine rings is 1. The largest absolute Gasteiger partial charge is 0.368 e. The van der Waals surface area contributed by atoms with Gasteiger partial charge in [-0.1, -0.05) is 0 Å². The van der Waals surface area contributed by atoms with Crippen molar-refractivity contribution in [3.05, 3.63) is 54.6 Å². The van der Waals surface area contributed by atoms with Crippen LogP contribution in [0.25, 0.3) is 0 Å². The second-order valence-electron chi connectivity index (χ2n) is 6.17. The van der Waals surface area contributed by atoms with Crippen molar-refractivity contribution in [1.29, 1.82) is 0 Å². The van der Waals surface area contributed by atoms with E-state index in [0.717, 1.165) is 30.9 Å². The molecule has 1 N–H and O–H groups in total. The molecule has 1 aliphatic rings. The van der Waals surface area contributed by atoms with E-state index in [0.29, 0.717) is 13.1 Å². The van der Waals surface area contributed by atoms with Gasteiger partial charge in [0, 0.05) is 57.2 Å². The zero-order valence-corrected chi connectivity index (χ0v) is 15.5. The zero-order chi connectivity index (χ0) is 19.3. The van der Waals surface area contributed by atoms with Gasteiger partial charge in [-0.05, 0) is 36.4 Å². The van der Waals surface area contributed by atoms with Crippen molar-refractivity contribution in [2.24, 2.45) is 0 Å². The lowest BCUT2D eigenvalue weighted by Gasteiger charge is -2.36. The molecule has 0 spiro atoms. The first-order valence-electron chi connectivity index (χ1n) is 8.64. The van der Waals surface area contributed by atoms with Crippen LogP contribution in [0.1, 0.15) is 6.42 Å². The molecule has 1 fully saturated rings. The van der Waals surface area contributed by atoms with Crippen LogP contribution in [0.3, 0.4) is 0 Å². The molecule has 2 aromatic rings. The van der Waals surface area contributed by atoms with Crippen molar-refractivity contribution < 1.29 is 17.6 Å². The molecule has 0 bridgehead atoms. The Labute approximate surface area is 157 Å². The maximum absolute atomic E-state index is 12.9. The number of nitrogens with one attached hydrogen (secondary N) is 1. The molecule has 1 amide bonds. The molecule has 0 radical (unpaired) electrons. The van der Waals surface area contributed by atoms with Crippen molar-refractivity contribution in [2.45, 2.75) is 11.3 Å². The zero-order valence-electron chi connectivity index (χ0n) is 14.7. The SMILES string of the molecule is O=C(CCNS(=O)(=O)c1ccc(F)cc1)N1CCN(c2ccncc2)CC1. The van der Waals surface area contributed by atoms with Crippen LogP contribution in [0.5, 0.6) is 0 Å². The van der Waals surface area contributed by atoms with Gasteiger partial charge in [0.1, 0.15) is 5.82 Å². The smallest absolute Gasteiger partial charge is 0.240 e. The molecular formula is C18H21FN4O3S. The lowest BCUT2D eigenvalue weighted by Crippen LogP contribution is -2.49. The van der Waals surface area contributed by atoms with E-state index in [1.165, 1.54) is 12.1 Å².